The van der Waals surface area contributed by atoms with Gasteiger partial charge in [0.1, 0.15) is 23.0 Å². The third-order valence-electron chi connectivity index (χ3n) is 4.40. The number of ether oxygens (including phenoxy) is 2. The normalized spacial score (nSPS) is 10.6. The molecule has 0 amide bonds. The highest BCUT2D eigenvalue weighted by atomic mass is 16.5. The van der Waals surface area contributed by atoms with E-state index >= 15 is 0 Å². The van der Waals surface area contributed by atoms with Crippen LogP contribution in [-0.4, -0.2) is 19.1 Å². The van der Waals surface area contributed by atoms with Gasteiger partial charge in [-0.15, -0.1) is 5.11 Å². The monoisotopic (exact) mass is 456 g/mol. The average Bonchev–Trinajstić information content (AvgIpc) is 2.83. The lowest BCUT2D eigenvalue weighted by molar-refractivity contribution is 0.432. The van der Waals surface area contributed by atoms with E-state index in [0.717, 1.165) is 28.4 Å². The highest BCUT2D eigenvalue weighted by molar-refractivity contribution is 5.65. The fraction of sp³-hybridized carbons (Fsp3) is 0.0769. The molecule has 0 saturated heterocycles. The van der Waals surface area contributed by atoms with Crippen LogP contribution in [0.15, 0.2) is 107 Å². The van der Waals surface area contributed by atoms with Gasteiger partial charge >= 0.3 is 0 Å². The minimum atomic E-state index is 0.670. The second-order valence-corrected chi connectivity index (χ2v) is 7.49. The lowest BCUT2D eigenvalue weighted by Gasteiger charge is -2.09. The molecule has 0 aliphatic rings. The van der Waals surface area contributed by atoms with Crippen LogP contribution in [0.1, 0.15) is 0 Å². The van der Waals surface area contributed by atoms with Crippen LogP contribution in [-0.2, 0) is 0 Å². The molecule has 0 aromatic heterocycles. The Bertz CT molecular complexity index is 1170. The smallest absolute Gasteiger partial charge is 0.127 e. The Kier molecular flexibility index (Phi) is 8.56. The second kappa shape index (κ2) is 12.0. The van der Waals surface area contributed by atoms with E-state index in [-0.39, 0.29) is 0 Å². The Morgan fingerprint density at radius 2 is 0.912 bits per heavy atom. The highest BCUT2D eigenvalue weighted by Crippen LogP contribution is 2.29. The van der Waals surface area contributed by atoms with Crippen molar-refractivity contribution in [3.8, 4) is 34.1 Å². The van der Waals surface area contributed by atoms with Crippen molar-refractivity contribution in [2.45, 2.75) is 0 Å². The summed E-state index contributed by atoms with van der Waals surface area (Å²) in [6.07, 6.45) is 0. The Hall–Kier alpha value is -4.40. The van der Waals surface area contributed by atoms with E-state index in [1.807, 2.05) is 84.9 Å². The van der Waals surface area contributed by atoms with E-state index in [1.54, 1.807) is 26.2 Å². The second-order valence-electron chi connectivity index (χ2n) is 7.49. The summed E-state index contributed by atoms with van der Waals surface area (Å²) in [5.41, 5.74) is 9.25. The first-order chi connectivity index (χ1) is 16.4. The Morgan fingerprint density at radius 3 is 1.26 bits per heavy atom. The van der Waals surface area contributed by atoms with Crippen LogP contribution in [0.3, 0.4) is 0 Å². The predicted molar refractivity (Wildman–Crippen MR) is 136 cm³/mol. The lowest BCUT2D eigenvalue weighted by atomic mass is 10.1. The molecular formula is C26H28N6O2. The minimum absolute atomic E-state index is 0.670. The standard InChI is InChI=1S/C24H20N4O2.C2H8N2/c25-19-5-13-23(14-6-19)29-21-9-1-17(2-10-21)18-3-11-22(12-4-18)30-24-15-7-20(8-16-24)27-28-26;1-4(2)3/h1-16H,25H2,(H2,26,27);3H2,1-2H3. The van der Waals surface area contributed by atoms with Crippen molar-refractivity contribution in [2.75, 3.05) is 19.8 Å². The maximum absolute atomic E-state index is 5.86. The van der Waals surface area contributed by atoms with Crippen LogP contribution in [0.4, 0.5) is 11.4 Å². The van der Waals surface area contributed by atoms with Gasteiger partial charge in [-0.1, -0.05) is 29.5 Å². The van der Waals surface area contributed by atoms with Crippen molar-refractivity contribution in [1.29, 1.82) is 0 Å². The van der Waals surface area contributed by atoms with Crippen molar-refractivity contribution in [3.05, 3.63) is 97.1 Å². The fourth-order valence-corrected chi connectivity index (χ4v) is 2.89. The predicted octanol–water partition coefficient (Wildman–Crippen LogP) is 5.90. The molecule has 4 rings (SSSR count). The van der Waals surface area contributed by atoms with E-state index in [9.17, 15) is 0 Å². The summed E-state index contributed by atoms with van der Waals surface area (Å²) in [5.74, 6) is 13.0. The molecule has 34 heavy (non-hydrogen) atoms. The Balaban J connectivity index is 0.000000751. The quantitative estimate of drug-likeness (QED) is 0.144. The van der Waals surface area contributed by atoms with Crippen LogP contribution >= 0.6 is 0 Å². The molecular weight excluding hydrogens is 428 g/mol. The largest absolute Gasteiger partial charge is 0.457 e. The third kappa shape index (κ3) is 7.63. The van der Waals surface area contributed by atoms with E-state index < -0.39 is 0 Å². The zero-order valence-corrected chi connectivity index (χ0v) is 19.1. The van der Waals surface area contributed by atoms with Crippen molar-refractivity contribution in [3.63, 3.8) is 0 Å². The first-order valence-corrected chi connectivity index (χ1v) is 10.5. The topological polar surface area (TPSA) is 124 Å². The molecule has 8 heteroatoms. The van der Waals surface area contributed by atoms with E-state index in [2.05, 4.69) is 10.3 Å². The Morgan fingerprint density at radius 1 is 0.588 bits per heavy atom. The Labute approximate surface area is 199 Å². The number of nitrogens with zero attached hydrogens (tertiary/aromatic N) is 3. The van der Waals surface area contributed by atoms with Gasteiger partial charge in [0.05, 0.1) is 5.69 Å². The number of hydrogen-bond acceptors (Lipinski definition) is 7. The van der Waals surface area contributed by atoms with Gasteiger partial charge in [0, 0.05) is 19.8 Å². The van der Waals surface area contributed by atoms with Gasteiger partial charge in [-0.3, -0.25) is 10.9 Å². The van der Waals surface area contributed by atoms with Gasteiger partial charge in [0.2, 0.25) is 0 Å². The van der Waals surface area contributed by atoms with Gasteiger partial charge < -0.3 is 21.1 Å². The van der Waals surface area contributed by atoms with Crippen molar-refractivity contribution in [1.82, 2.24) is 5.01 Å². The molecule has 0 saturated carbocycles. The molecule has 4 aromatic carbocycles. The molecule has 174 valence electrons. The van der Waals surface area contributed by atoms with Gasteiger partial charge in [0.25, 0.3) is 0 Å². The first kappa shape index (κ1) is 24.2. The molecule has 0 bridgehead atoms. The highest BCUT2D eigenvalue weighted by Gasteiger charge is 2.03. The SMILES string of the molecule is CN(C)N.NN=Nc1ccc(Oc2ccc(-c3ccc(Oc4ccc(N)cc4)cc3)cc2)cc1. The third-order valence-corrected chi connectivity index (χ3v) is 4.40. The van der Waals surface area contributed by atoms with Crippen molar-refractivity contribution >= 4 is 11.4 Å². The summed E-state index contributed by atoms with van der Waals surface area (Å²) in [5, 5.41) is 8.53. The lowest BCUT2D eigenvalue weighted by Crippen LogP contribution is -2.18. The van der Waals surface area contributed by atoms with Gasteiger partial charge in [-0.25, -0.2) is 0 Å². The number of hydrazine groups is 1. The van der Waals surface area contributed by atoms with E-state index in [0.29, 0.717) is 17.1 Å². The number of nitrogen functional groups attached to an aromatic ring is 1. The molecule has 6 N–H and O–H groups in total. The van der Waals surface area contributed by atoms with Crippen LogP contribution in [0, 0.1) is 0 Å². The average molecular weight is 457 g/mol. The number of benzene rings is 4. The maximum atomic E-state index is 5.86. The van der Waals surface area contributed by atoms with Crippen molar-refractivity contribution in [2.24, 2.45) is 22.0 Å². The summed E-state index contributed by atoms with van der Waals surface area (Å²) >= 11 is 0. The number of nitrogens with two attached hydrogens (primary N) is 3. The summed E-state index contributed by atoms with van der Waals surface area (Å²) in [6, 6.07) is 30.3. The number of rotatable bonds is 6. The first-order valence-electron chi connectivity index (χ1n) is 10.5. The zero-order chi connectivity index (χ0) is 24.3. The molecule has 0 radical (unpaired) electrons. The minimum Gasteiger partial charge on any atom is -0.457 e. The summed E-state index contributed by atoms with van der Waals surface area (Å²) in [7, 11) is 3.56. The molecule has 0 aliphatic carbocycles. The number of anilines is 1. The van der Waals surface area contributed by atoms with Crippen LogP contribution < -0.4 is 26.9 Å². The molecule has 0 heterocycles. The van der Waals surface area contributed by atoms with Gasteiger partial charge in [0.15, 0.2) is 0 Å². The maximum Gasteiger partial charge on any atom is 0.127 e. The van der Waals surface area contributed by atoms with Gasteiger partial charge in [-0.05, 0) is 83.9 Å². The summed E-state index contributed by atoms with van der Waals surface area (Å²) < 4.78 is 11.7. The molecule has 0 unspecified atom stereocenters. The molecule has 0 spiro atoms. The van der Waals surface area contributed by atoms with Crippen LogP contribution in [0.5, 0.6) is 23.0 Å². The molecule has 0 fully saturated rings. The van der Waals surface area contributed by atoms with Crippen molar-refractivity contribution < 1.29 is 9.47 Å². The molecule has 8 nitrogen and oxygen atoms in total. The van der Waals surface area contributed by atoms with Crippen LogP contribution in [0.25, 0.3) is 11.1 Å². The van der Waals surface area contributed by atoms with Crippen LogP contribution in [0.2, 0.25) is 0 Å². The number of hydrogen-bond donors (Lipinski definition) is 3. The molecule has 4 aromatic rings. The zero-order valence-electron chi connectivity index (χ0n) is 19.1. The molecule has 0 atom stereocenters. The fourth-order valence-electron chi connectivity index (χ4n) is 2.89. The summed E-state index contributed by atoms with van der Waals surface area (Å²) in [4.78, 5) is 0. The molecule has 0 aliphatic heterocycles. The summed E-state index contributed by atoms with van der Waals surface area (Å²) in [6.45, 7) is 0. The van der Waals surface area contributed by atoms with Gasteiger partial charge in [-0.2, -0.15) is 0 Å². The van der Waals surface area contributed by atoms with E-state index in [4.69, 9.17) is 26.9 Å². The van der Waals surface area contributed by atoms with E-state index in [1.165, 1.54) is 5.01 Å².